The number of halogens is 1. The average molecular weight is 349 g/mol. The van der Waals surface area contributed by atoms with Gasteiger partial charge in [0.05, 0.1) is 5.75 Å². The summed E-state index contributed by atoms with van der Waals surface area (Å²) in [5.41, 5.74) is 0.122. The van der Waals surface area contributed by atoms with Gasteiger partial charge >= 0.3 is 0 Å². The number of hydrogen-bond acceptors (Lipinski definition) is 5. The van der Waals surface area contributed by atoms with Gasteiger partial charge in [-0.05, 0) is 37.1 Å². The summed E-state index contributed by atoms with van der Waals surface area (Å²) in [6, 6.07) is 5.88. The van der Waals surface area contributed by atoms with Crippen molar-refractivity contribution in [2.75, 3.05) is 24.2 Å². The van der Waals surface area contributed by atoms with Crippen LogP contribution in [0.3, 0.4) is 0 Å². The molecule has 2 amide bonds. The van der Waals surface area contributed by atoms with Crippen LogP contribution in [-0.2, 0) is 4.79 Å². The van der Waals surface area contributed by atoms with Gasteiger partial charge in [-0.15, -0.1) is 22.0 Å². The first-order valence-electron chi connectivity index (χ1n) is 7.52. The van der Waals surface area contributed by atoms with Crippen LogP contribution in [-0.4, -0.2) is 51.0 Å². The topological polar surface area (TPSA) is 91.0 Å². The second-order valence-corrected chi connectivity index (χ2v) is 6.36. The number of amides is 2. The lowest BCUT2D eigenvalue weighted by molar-refractivity contribution is -0.113. The number of benzene rings is 1. The van der Waals surface area contributed by atoms with Gasteiger partial charge in [0.25, 0.3) is 5.91 Å². The Morgan fingerprint density at radius 3 is 2.62 bits per heavy atom. The molecule has 0 aliphatic carbocycles. The summed E-state index contributed by atoms with van der Waals surface area (Å²) >= 11 is 1.27. The SMILES string of the molecule is O=C(CSc1ccc(F)cc1)Nc1n[nH]nc1C(=O)N1CCCC1. The number of likely N-dealkylation sites (tertiary alicyclic amines) is 1. The van der Waals surface area contributed by atoms with E-state index in [0.717, 1.165) is 17.7 Å². The first kappa shape index (κ1) is 16.4. The van der Waals surface area contributed by atoms with Crippen LogP contribution >= 0.6 is 11.8 Å². The predicted octanol–water partition coefficient (Wildman–Crippen LogP) is 1.91. The molecule has 24 heavy (non-hydrogen) atoms. The molecule has 0 unspecified atom stereocenters. The third-order valence-corrected chi connectivity index (χ3v) is 4.60. The third kappa shape index (κ3) is 3.91. The molecule has 0 spiro atoms. The Kier molecular flexibility index (Phi) is 5.09. The number of carbonyl (C=O) groups is 2. The molecule has 0 bridgehead atoms. The summed E-state index contributed by atoms with van der Waals surface area (Å²) < 4.78 is 12.8. The fourth-order valence-corrected chi connectivity index (χ4v) is 3.08. The normalized spacial score (nSPS) is 14.0. The zero-order chi connectivity index (χ0) is 16.9. The molecule has 0 atom stereocenters. The standard InChI is InChI=1S/C15H16FN5O2S/c16-10-3-5-11(6-4-10)24-9-12(22)17-14-13(18-20-19-14)15(23)21-7-1-2-8-21/h3-6H,1-2,7-9H2,(H2,17,18,19,20,22). The number of rotatable bonds is 5. The Morgan fingerprint density at radius 2 is 1.92 bits per heavy atom. The maximum atomic E-state index is 12.8. The number of aromatic nitrogens is 3. The second-order valence-electron chi connectivity index (χ2n) is 5.31. The smallest absolute Gasteiger partial charge is 0.278 e. The van der Waals surface area contributed by atoms with Crippen LogP contribution in [0.1, 0.15) is 23.3 Å². The Morgan fingerprint density at radius 1 is 1.21 bits per heavy atom. The fourth-order valence-electron chi connectivity index (χ4n) is 2.38. The van der Waals surface area contributed by atoms with E-state index in [1.807, 2.05) is 0 Å². The lowest BCUT2D eigenvalue weighted by Gasteiger charge is -2.13. The maximum Gasteiger partial charge on any atom is 0.278 e. The van der Waals surface area contributed by atoms with E-state index in [-0.39, 0.29) is 34.9 Å². The van der Waals surface area contributed by atoms with E-state index in [1.54, 1.807) is 17.0 Å². The number of anilines is 1. The highest BCUT2D eigenvalue weighted by atomic mass is 32.2. The Balaban J connectivity index is 1.57. The van der Waals surface area contributed by atoms with Crippen LogP contribution in [0.4, 0.5) is 10.2 Å². The highest BCUT2D eigenvalue weighted by molar-refractivity contribution is 8.00. The zero-order valence-electron chi connectivity index (χ0n) is 12.8. The number of nitrogens with zero attached hydrogens (tertiary/aromatic N) is 3. The number of nitrogens with one attached hydrogen (secondary N) is 2. The molecule has 1 aliphatic rings. The van der Waals surface area contributed by atoms with Crippen molar-refractivity contribution in [3.63, 3.8) is 0 Å². The number of aromatic amines is 1. The molecule has 7 nitrogen and oxygen atoms in total. The van der Waals surface area contributed by atoms with Gasteiger partial charge in [-0.3, -0.25) is 9.59 Å². The van der Waals surface area contributed by atoms with E-state index >= 15 is 0 Å². The summed E-state index contributed by atoms with van der Waals surface area (Å²) in [6.07, 6.45) is 1.94. The van der Waals surface area contributed by atoms with E-state index in [2.05, 4.69) is 20.7 Å². The van der Waals surface area contributed by atoms with Crippen molar-refractivity contribution in [2.24, 2.45) is 0 Å². The van der Waals surface area contributed by atoms with Gasteiger partial charge in [-0.1, -0.05) is 0 Å². The van der Waals surface area contributed by atoms with E-state index in [0.29, 0.717) is 13.1 Å². The Labute approximate surface area is 142 Å². The lowest BCUT2D eigenvalue weighted by Crippen LogP contribution is -2.29. The van der Waals surface area contributed by atoms with Gasteiger partial charge in [0, 0.05) is 18.0 Å². The number of thioether (sulfide) groups is 1. The molecule has 1 saturated heterocycles. The summed E-state index contributed by atoms with van der Waals surface area (Å²) in [7, 11) is 0. The minimum absolute atomic E-state index is 0.121. The molecule has 1 aromatic heterocycles. The minimum Gasteiger partial charge on any atom is -0.337 e. The van der Waals surface area contributed by atoms with E-state index < -0.39 is 0 Å². The average Bonchev–Trinajstić information content (AvgIpc) is 3.25. The van der Waals surface area contributed by atoms with Crippen LogP contribution in [0.15, 0.2) is 29.2 Å². The highest BCUT2D eigenvalue weighted by Gasteiger charge is 2.25. The summed E-state index contributed by atoms with van der Waals surface area (Å²) in [5.74, 6) is -0.611. The molecule has 2 heterocycles. The molecule has 1 aromatic carbocycles. The molecule has 0 radical (unpaired) electrons. The lowest BCUT2D eigenvalue weighted by atomic mass is 10.3. The van der Waals surface area contributed by atoms with Crippen molar-refractivity contribution in [1.82, 2.24) is 20.3 Å². The molecular formula is C15H16FN5O2S. The van der Waals surface area contributed by atoms with Crippen LogP contribution in [0.2, 0.25) is 0 Å². The van der Waals surface area contributed by atoms with Gasteiger partial charge in [-0.25, -0.2) is 4.39 Å². The zero-order valence-corrected chi connectivity index (χ0v) is 13.6. The van der Waals surface area contributed by atoms with Crippen molar-refractivity contribution >= 4 is 29.4 Å². The first-order chi connectivity index (χ1) is 11.6. The third-order valence-electron chi connectivity index (χ3n) is 3.59. The second kappa shape index (κ2) is 7.43. The van der Waals surface area contributed by atoms with Gasteiger partial charge < -0.3 is 10.2 Å². The van der Waals surface area contributed by atoms with Crippen molar-refractivity contribution in [1.29, 1.82) is 0 Å². The molecule has 0 saturated carbocycles. The van der Waals surface area contributed by atoms with E-state index in [9.17, 15) is 14.0 Å². The molecule has 1 aliphatic heterocycles. The molecule has 3 rings (SSSR count). The molecule has 9 heteroatoms. The number of H-pyrrole nitrogens is 1. The Hall–Kier alpha value is -2.42. The number of hydrogen-bond donors (Lipinski definition) is 2. The summed E-state index contributed by atoms with van der Waals surface area (Å²) in [4.78, 5) is 26.8. The monoisotopic (exact) mass is 349 g/mol. The maximum absolute atomic E-state index is 12.8. The fraction of sp³-hybridized carbons (Fsp3) is 0.333. The van der Waals surface area contributed by atoms with Crippen LogP contribution in [0, 0.1) is 5.82 Å². The van der Waals surface area contributed by atoms with E-state index in [4.69, 9.17) is 0 Å². The molecular weight excluding hydrogens is 333 g/mol. The van der Waals surface area contributed by atoms with Crippen molar-refractivity contribution in [3.8, 4) is 0 Å². The minimum atomic E-state index is -0.323. The van der Waals surface area contributed by atoms with Crippen molar-refractivity contribution < 1.29 is 14.0 Å². The van der Waals surface area contributed by atoms with Gasteiger partial charge in [0.2, 0.25) is 5.91 Å². The van der Waals surface area contributed by atoms with Crippen LogP contribution < -0.4 is 5.32 Å². The highest BCUT2D eigenvalue weighted by Crippen LogP contribution is 2.19. The summed E-state index contributed by atoms with van der Waals surface area (Å²) in [5, 5.41) is 12.7. The van der Waals surface area contributed by atoms with E-state index in [1.165, 1.54) is 23.9 Å². The van der Waals surface area contributed by atoms with Gasteiger partial charge in [0.1, 0.15) is 5.82 Å². The molecule has 1 fully saturated rings. The van der Waals surface area contributed by atoms with Crippen molar-refractivity contribution in [2.45, 2.75) is 17.7 Å². The largest absolute Gasteiger partial charge is 0.337 e. The molecule has 2 aromatic rings. The van der Waals surface area contributed by atoms with Crippen LogP contribution in [0.25, 0.3) is 0 Å². The van der Waals surface area contributed by atoms with Gasteiger partial charge in [-0.2, -0.15) is 5.21 Å². The predicted molar refractivity (Wildman–Crippen MR) is 87.3 cm³/mol. The first-order valence-corrected chi connectivity index (χ1v) is 8.50. The van der Waals surface area contributed by atoms with Crippen molar-refractivity contribution in [3.05, 3.63) is 35.8 Å². The van der Waals surface area contributed by atoms with Crippen LogP contribution in [0.5, 0.6) is 0 Å². The Bertz CT molecular complexity index is 728. The molecule has 126 valence electrons. The molecule has 2 N–H and O–H groups in total. The van der Waals surface area contributed by atoms with Gasteiger partial charge in [0.15, 0.2) is 11.5 Å². The summed E-state index contributed by atoms with van der Waals surface area (Å²) in [6.45, 7) is 1.39. The number of carbonyl (C=O) groups excluding carboxylic acids is 2. The quantitative estimate of drug-likeness (QED) is 0.805.